The Hall–Kier alpha value is 0.295. The molecule has 0 aromatic rings. The second kappa shape index (κ2) is 6.00. The minimum Gasteiger partial charge on any atom is -0.384 e. The van der Waals surface area contributed by atoms with Crippen molar-refractivity contribution in [2.24, 2.45) is 0 Å². The third kappa shape index (κ3) is 3.16. The lowest BCUT2D eigenvalue weighted by molar-refractivity contribution is 0.0797. The first-order chi connectivity index (χ1) is 6.69. The zero-order chi connectivity index (χ0) is 10.6. The average Bonchev–Trinajstić information content (AvgIpc) is 2.48. The van der Waals surface area contributed by atoms with Gasteiger partial charge in [0, 0.05) is 25.5 Å². The van der Waals surface area contributed by atoms with Gasteiger partial charge in [0.05, 0.1) is 24.6 Å². The van der Waals surface area contributed by atoms with Crippen molar-refractivity contribution in [2.45, 2.75) is 29.5 Å². The highest BCUT2D eigenvalue weighted by Gasteiger charge is 2.35. The molecule has 80 valence electrons. The maximum atomic E-state index is 5.83. The van der Waals surface area contributed by atoms with Crippen LogP contribution in [0.3, 0.4) is 0 Å². The van der Waals surface area contributed by atoms with Crippen LogP contribution in [-0.4, -0.2) is 57.9 Å². The lowest BCUT2D eigenvalue weighted by Crippen LogP contribution is -2.31. The summed E-state index contributed by atoms with van der Waals surface area (Å²) in [4.78, 5) is 0. The fourth-order valence-corrected chi connectivity index (χ4v) is 2.87. The van der Waals surface area contributed by atoms with Gasteiger partial charge in [-0.15, -0.1) is 11.8 Å². The highest BCUT2D eigenvalue weighted by atomic mass is 32.2. The lowest BCUT2D eigenvalue weighted by Gasteiger charge is -2.22. The molecular formula is C9H17BO3S. The van der Waals surface area contributed by atoms with Crippen molar-refractivity contribution in [3.05, 3.63) is 0 Å². The first-order valence-corrected chi connectivity index (χ1v) is 5.67. The van der Waals surface area contributed by atoms with Crippen LogP contribution in [0.4, 0.5) is 0 Å². The van der Waals surface area contributed by atoms with Gasteiger partial charge in [-0.2, -0.15) is 0 Å². The summed E-state index contributed by atoms with van der Waals surface area (Å²) in [6, 6.07) is -0.218. The molecule has 1 saturated heterocycles. The van der Waals surface area contributed by atoms with Gasteiger partial charge in [-0.25, -0.2) is 0 Å². The molecule has 0 aromatic heterocycles. The Kier molecular flexibility index (Phi) is 5.30. The van der Waals surface area contributed by atoms with Gasteiger partial charge in [0.2, 0.25) is 0 Å². The van der Waals surface area contributed by atoms with Gasteiger partial charge < -0.3 is 14.2 Å². The van der Waals surface area contributed by atoms with Gasteiger partial charge in [-0.05, 0) is 0 Å². The van der Waals surface area contributed by atoms with Crippen LogP contribution in [0.1, 0.15) is 6.92 Å². The number of rotatable bonds is 5. The van der Waals surface area contributed by atoms with Crippen LogP contribution in [0.25, 0.3) is 0 Å². The number of ether oxygens (including phenoxy) is 3. The SMILES string of the molecule is [B][C@@H]1OCC(OC)[C@@H]1SC(C)COC. The number of hydrogen-bond donors (Lipinski definition) is 0. The van der Waals surface area contributed by atoms with E-state index in [0.717, 1.165) is 6.61 Å². The zero-order valence-electron chi connectivity index (χ0n) is 8.93. The molecule has 1 fully saturated rings. The van der Waals surface area contributed by atoms with Crippen molar-refractivity contribution in [3.63, 3.8) is 0 Å². The van der Waals surface area contributed by atoms with E-state index in [0.29, 0.717) is 11.9 Å². The maximum absolute atomic E-state index is 5.83. The van der Waals surface area contributed by atoms with E-state index >= 15 is 0 Å². The first kappa shape index (κ1) is 12.4. The molecule has 2 unspecified atom stereocenters. The van der Waals surface area contributed by atoms with Gasteiger partial charge >= 0.3 is 0 Å². The molecule has 3 nitrogen and oxygen atoms in total. The Labute approximate surface area is 91.3 Å². The number of hydrogen-bond acceptors (Lipinski definition) is 4. The fraction of sp³-hybridized carbons (Fsp3) is 1.00. The summed E-state index contributed by atoms with van der Waals surface area (Å²) in [6.45, 7) is 3.44. The Bertz CT molecular complexity index is 170. The Morgan fingerprint density at radius 2 is 2.29 bits per heavy atom. The van der Waals surface area contributed by atoms with E-state index in [2.05, 4.69) is 6.92 Å². The quantitative estimate of drug-likeness (QED) is 0.631. The fourth-order valence-electron chi connectivity index (χ4n) is 1.52. The third-order valence-electron chi connectivity index (χ3n) is 2.24. The van der Waals surface area contributed by atoms with Crippen LogP contribution in [0.2, 0.25) is 0 Å². The number of thioether (sulfide) groups is 1. The predicted molar refractivity (Wildman–Crippen MR) is 59.0 cm³/mol. The standard InChI is InChI=1S/C9H17BO3S/c1-6(4-11-2)14-8-7(12-3)5-13-9(8)10/h6-9H,4-5H2,1-3H3/t6?,7?,8-,9+/m0/s1. The van der Waals surface area contributed by atoms with Gasteiger partial charge in [-0.1, -0.05) is 6.92 Å². The molecule has 1 aliphatic rings. The smallest absolute Gasteiger partial charge is 0.110 e. The topological polar surface area (TPSA) is 27.7 Å². The summed E-state index contributed by atoms with van der Waals surface area (Å²) in [6.07, 6.45) is 0.106. The van der Waals surface area contributed by atoms with Crippen LogP contribution in [0.5, 0.6) is 0 Å². The van der Waals surface area contributed by atoms with Crippen molar-refractivity contribution < 1.29 is 14.2 Å². The molecule has 0 spiro atoms. The molecule has 0 aromatic carbocycles. The van der Waals surface area contributed by atoms with Crippen LogP contribution in [0.15, 0.2) is 0 Å². The Morgan fingerprint density at radius 3 is 2.86 bits per heavy atom. The van der Waals surface area contributed by atoms with E-state index in [1.54, 1.807) is 26.0 Å². The van der Waals surface area contributed by atoms with Gasteiger partial charge in [0.1, 0.15) is 7.85 Å². The van der Waals surface area contributed by atoms with Gasteiger partial charge in [-0.3, -0.25) is 0 Å². The van der Waals surface area contributed by atoms with Gasteiger partial charge in [0.15, 0.2) is 0 Å². The highest BCUT2D eigenvalue weighted by molar-refractivity contribution is 8.00. The molecule has 5 heteroatoms. The summed E-state index contributed by atoms with van der Waals surface area (Å²) >= 11 is 1.77. The van der Waals surface area contributed by atoms with E-state index in [4.69, 9.17) is 22.1 Å². The Balaban J connectivity index is 2.40. The minimum atomic E-state index is -0.218. The van der Waals surface area contributed by atoms with E-state index in [-0.39, 0.29) is 17.4 Å². The maximum Gasteiger partial charge on any atom is 0.110 e. The zero-order valence-corrected chi connectivity index (χ0v) is 9.75. The third-order valence-corrected chi connectivity index (χ3v) is 3.72. The summed E-state index contributed by atoms with van der Waals surface area (Å²) in [5, 5.41) is 0.626. The molecule has 1 aliphatic heterocycles. The molecule has 1 rings (SSSR count). The van der Waals surface area contributed by atoms with Gasteiger partial charge in [0.25, 0.3) is 0 Å². The molecule has 0 aliphatic carbocycles. The van der Waals surface area contributed by atoms with E-state index in [1.807, 2.05) is 0 Å². The summed E-state index contributed by atoms with van der Waals surface area (Å²) in [7, 11) is 9.22. The largest absolute Gasteiger partial charge is 0.384 e. The molecule has 0 amide bonds. The van der Waals surface area contributed by atoms with Crippen molar-refractivity contribution in [1.82, 2.24) is 0 Å². The van der Waals surface area contributed by atoms with Crippen molar-refractivity contribution in [3.8, 4) is 0 Å². The molecule has 1 heterocycles. The average molecular weight is 216 g/mol. The monoisotopic (exact) mass is 216 g/mol. The summed E-state index contributed by atoms with van der Waals surface area (Å²) in [5.41, 5.74) is 0. The number of methoxy groups -OCH3 is 2. The van der Waals surface area contributed by atoms with Crippen molar-refractivity contribution >= 4 is 19.6 Å². The Morgan fingerprint density at radius 1 is 1.57 bits per heavy atom. The van der Waals surface area contributed by atoms with Crippen LogP contribution in [0, 0.1) is 0 Å². The molecule has 0 N–H and O–H groups in total. The summed E-state index contributed by atoms with van der Waals surface area (Å²) in [5.74, 6) is 0. The molecule has 4 atom stereocenters. The van der Waals surface area contributed by atoms with Crippen molar-refractivity contribution in [2.75, 3.05) is 27.4 Å². The first-order valence-electron chi connectivity index (χ1n) is 4.73. The minimum absolute atomic E-state index is 0.106. The van der Waals surface area contributed by atoms with E-state index in [1.165, 1.54) is 0 Å². The van der Waals surface area contributed by atoms with Crippen LogP contribution in [-0.2, 0) is 14.2 Å². The predicted octanol–water partition coefficient (Wildman–Crippen LogP) is 0.663. The lowest BCUT2D eigenvalue weighted by atomic mass is 9.96. The molecule has 0 bridgehead atoms. The second-order valence-corrected chi connectivity index (χ2v) is 5.06. The van der Waals surface area contributed by atoms with E-state index < -0.39 is 0 Å². The molecular weight excluding hydrogens is 199 g/mol. The van der Waals surface area contributed by atoms with Crippen LogP contribution < -0.4 is 0 Å². The summed E-state index contributed by atoms with van der Waals surface area (Å²) < 4.78 is 15.7. The molecule has 0 saturated carbocycles. The van der Waals surface area contributed by atoms with E-state index in [9.17, 15) is 0 Å². The molecule has 2 radical (unpaired) electrons. The second-order valence-electron chi connectivity index (χ2n) is 3.44. The highest BCUT2D eigenvalue weighted by Crippen LogP contribution is 2.30. The normalized spacial score (nSPS) is 34.6. The van der Waals surface area contributed by atoms with Crippen molar-refractivity contribution in [1.29, 1.82) is 0 Å². The molecule has 14 heavy (non-hydrogen) atoms. The van der Waals surface area contributed by atoms with Crippen LogP contribution >= 0.6 is 11.8 Å².